The first kappa shape index (κ1) is 12.9. The van der Waals surface area contributed by atoms with Crippen molar-refractivity contribution >= 4 is 11.6 Å². The fourth-order valence-corrected chi connectivity index (χ4v) is 2.65. The van der Waals surface area contributed by atoms with Crippen LogP contribution in [0.5, 0.6) is 5.75 Å². The molecule has 20 heavy (non-hydrogen) atoms. The van der Waals surface area contributed by atoms with Crippen molar-refractivity contribution in [1.82, 2.24) is 15.0 Å². The average Bonchev–Trinajstić information content (AvgIpc) is 2.80. The van der Waals surface area contributed by atoms with E-state index in [1.54, 1.807) is 23.9 Å². The molecule has 1 heterocycles. The van der Waals surface area contributed by atoms with E-state index in [0.29, 0.717) is 22.4 Å². The van der Waals surface area contributed by atoms with Crippen LogP contribution in [0.2, 0.25) is 5.02 Å². The van der Waals surface area contributed by atoms with Crippen molar-refractivity contribution in [2.45, 2.75) is 25.2 Å². The molecule has 102 valence electrons. The summed E-state index contributed by atoms with van der Waals surface area (Å²) in [7, 11) is 1.57. The third kappa shape index (κ3) is 2.02. The Balaban J connectivity index is 2.08. The molecule has 0 unspecified atom stereocenters. The monoisotopic (exact) mass is 288 g/mol. The molecule has 3 rings (SSSR count). The van der Waals surface area contributed by atoms with Crippen LogP contribution in [0.1, 0.15) is 36.6 Å². The lowest BCUT2D eigenvalue weighted by Crippen LogP contribution is -2.15. The molecule has 2 aromatic rings. The number of hydrogen-bond acceptors (Lipinski definition) is 4. The number of aromatic nitrogens is 3. The van der Waals surface area contributed by atoms with Crippen molar-refractivity contribution in [2.24, 2.45) is 0 Å². The number of halogens is 1. The fourth-order valence-electron chi connectivity index (χ4n) is 2.39. The number of nitrogens with zero attached hydrogens (tertiary/aromatic N) is 4. The van der Waals surface area contributed by atoms with E-state index in [0.717, 1.165) is 24.2 Å². The van der Waals surface area contributed by atoms with E-state index in [1.165, 1.54) is 6.42 Å². The summed E-state index contributed by atoms with van der Waals surface area (Å²) in [5.41, 5.74) is 2.09. The Morgan fingerprint density at radius 1 is 1.45 bits per heavy atom. The molecule has 0 atom stereocenters. The molecule has 1 aliphatic rings. The van der Waals surface area contributed by atoms with E-state index in [-0.39, 0.29) is 0 Å². The van der Waals surface area contributed by atoms with Gasteiger partial charge in [-0.25, -0.2) is 4.68 Å². The van der Waals surface area contributed by atoms with Crippen LogP contribution < -0.4 is 4.74 Å². The number of methoxy groups -OCH3 is 1. The standard InChI is InChI=1S/C14H13ClN4O/c1-20-13-6-5-10(7-11(13)15)19-14(9-3-2-4-9)12(8-16)17-18-19/h5-7,9H,2-4H2,1H3. The maximum atomic E-state index is 9.17. The normalized spacial score (nSPS) is 14.7. The number of ether oxygens (including phenoxy) is 1. The lowest BCUT2D eigenvalue weighted by Gasteiger charge is -2.25. The van der Waals surface area contributed by atoms with E-state index in [9.17, 15) is 5.26 Å². The third-order valence-corrected chi connectivity index (χ3v) is 3.98. The Kier molecular flexibility index (Phi) is 3.33. The van der Waals surface area contributed by atoms with Gasteiger partial charge in [0.15, 0.2) is 5.69 Å². The van der Waals surface area contributed by atoms with E-state index < -0.39 is 0 Å². The zero-order valence-corrected chi connectivity index (χ0v) is 11.8. The molecule has 1 aromatic carbocycles. The van der Waals surface area contributed by atoms with Crippen LogP contribution in [-0.2, 0) is 0 Å². The molecular formula is C14H13ClN4O. The van der Waals surface area contributed by atoms with Crippen LogP contribution in [-0.4, -0.2) is 22.1 Å². The predicted octanol–water partition coefficient (Wildman–Crippen LogP) is 3.07. The Bertz CT molecular complexity index is 685. The minimum absolute atomic E-state index is 0.362. The molecule has 0 N–H and O–H groups in total. The van der Waals surface area contributed by atoms with E-state index in [2.05, 4.69) is 16.4 Å². The van der Waals surface area contributed by atoms with Crippen molar-refractivity contribution in [1.29, 1.82) is 5.26 Å². The maximum Gasteiger partial charge on any atom is 0.186 e. The van der Waals surface area contributed by atoms with Crippen LogP contribution in [0, 0.1) is 11.3 Å². The first-order chi connectivity index (χ1) is 9.74. The highest BCUT2D eigenvalue weighted by Crippen LogP contribution is 2.38. The quantitative estimate of drug-likeness (QED) is 0.871. The largest absolute Gasteiger partial charge is 0.495 e. The molecule has 0 aliphatic heterocycles. The lowest BCUT2D eigenvalue weighted by atomic mass is 9.82. The molecule has 0 bridgehead atoms. The Labute approximate surface area is 121 Å². The summed E-state index contributed by atoms with van der Waals surface area (Å²) in [6.07, 6.45) is 3.34. The van der Waals surface area contributed by atoms with Crippen LogP contribution in [0.4, 0.5) is 0 Å². The van der Waals surface area contributed by atoms with Crippen molar-refractivity contribution in [2.75, 3.05) is 7.11 Å². The summed E-state index contributed by atoms with van der Waals surface area (Å²) in [6, 6.07) is 7.55. The molecule has 0 radical (unpaired) electrons. The van der Waals surface area contributed by atoms with Gasteiger partial charge in [0.1, 0.15) is 11.8 Å². The second kappa shape index (κ2) is 5.14. The summed E-state index contributed by atoms with van der Waals surface area (Å²) >= 11 is 6.15. The molecule has 1 fully saturated rings. The second-order valence-corrected chi connectivity index (χ2v) is 5.20. The summed E-state index contributed by atoms with van der Waals surface area (Å²) in [4.78, 5) is 0. The molecule has 1 saturated carbocycles. The van der Waals surface area contributed by atoms with E-state index in [4.69, 9.17) is 16.3 Å². The molecule has 0 spiro atoms. The zero-order valence-electron chi connectivity index (χ0n) is 11.0. The van der Waals surface area contributed by atoms with Gasteiger partial charge in [-0.15, -0.1) is 5.10 Å². The van der Waals surface area contributed by atoms with E-state index >= 15 is 0 Å². The number of benzene rings is 1. The van der Waals surface area contributed by atoms with Gasteiger partial charge in [-0.05, 0) is 31.0 Å². The molecule has 0 amide bonds. The van der Waals surface area contributed by atoms with Crippen molar-refractivity contribution < 1.29 is 4.74 Å². The minimum atomic E-state index is 0.362. The highest BCUT2D eigenvalue weighted by Gasteiger charge is 2.28. The second-order valence-electron chi connectivity index (χ2n) is 4.79. The molecule has 0 saturated heterocycles. The highest BCUT2D eigenvalue weighted by atomic mass is 35.5. The summed E-state index contributed by atoms with van der Waals surface area (Å²) < 4.78 is 6.86. The first-order valence-corrected chi connectivity index (χ1v) is 6.82. The van der Waals surface area contributed by atoms with Gasteiger partial charge in [0.05, 0.1) is 23.5 Å². The first-order valence-electron chi connectivity index (χ1n) is 6.44. The van der Waals surface area contributed by atoms with Gasteiger partial charge in [-0.1, -0.05) is 23.2 Å². The van der Waals surface area contributed by atoms with Crippen molar-refractivity contribution in [3.8, 4) is 17.5 Å². The van der Waals surface area contributed by atoms with Crippen LogP contribution in [0.25, 0.3) is 5.69 Å². The molecule has 1 aliphatic carbocycles. The fraction of sp³-hybridized carbons (Fsp3) is 0.357. The highest BCUT2D eigenvalue weighted by molar-refractivity contribution is 6.32. The molecule has 1 aromatic heterocycles. The van der Waals surface area contributed by atoms with Gasteiger partial charge in [0, 0.05) is 5.92 Å². The van der Waals surface area contributed by atoms with E-state index in [1.807, 2.05) is 6.07 Å². The van der Waals surface area contributed by atoms with Crippen molar-refractivity contribution in [3.63, 3.8) is 0 Å². The van der Waals surface area contributed by atoms with Crippen LogP contribution in [0.15, 0.2) is 18.2 Å². The summed E-state index contributed by atoms with van der Waals surface area (Å²) in [5, 5.41) is 17.7. The van der Waals surface area contributed by atoms with Gasteiger partial charge >= 0.3 is 0 Å². The lowest BCUT2D eigenvalue weighted by molar-refractivity contribution is 0.402. The SMILES string of the molecule is COc1ccc(-n2nnc(C#N)c2C2CCC2)cc1Cl. The van der Waals surface area contributed by atoms with Crippen molar-refractivity contribution in [3.05, 3.63) is 34.6 Å². The summed E-state index contributed by atoms with van der Waals surface area (Å²) in [6.45, 7) is 0. The van der Waals surface area contributed by atoms with Crippen LogP contribution in [0.3, 0.4) is 0 Å². The molecule has 5 nitrogen and oxygen atoms in total. The maximum absolute atomic E-state index is 9.17. The summed E-state index contributed by atoms with van der Waals surface area (Å²) in [5.74, 6) is 0.974. The molecular weight excluding hydrogens is 276 g/mol. The molecule has 6 heteroatoms. The topological polar surface area (TPSA) is 63.7 Å². The number of nitriles is 1. The number of hydrogen-bond donors (Lipinski definition) is 0. The minimum Gasteiger partial charge on any atom is -0.495 e. The van der Waals surface area contributed by atoms with Gasteiger partial charge in [-0.2, -0.15) is 5.26 Å². The Hall–Kier alpha value is -2.06. The predicted molar refractivity (Wildman–Crippen MR) is 74.2 cm³/mol. The third-order valence-electron chi connectivity index (χ3n) is 3.68. The Morgan fingerprint density at radius 2 is 2.25 bits per heavy atom. The Morgan fingerprint density at radius 3 is 2.80 bits per heavy atom. The average molecular weight is 289 g/mol. The number of rotatable bonds is 3. The van der Waals surface area contributed by atoms with Gasteiger partial charge in [0.2, 0.25) is 0 Å². The zero-order chi connectivity index (χ0) is 14.1. The van der Waals surface area contributed by atoms with Crippen LogP contribution >= 0.6 is 11.6 Å². The smallest absolute Gasteiger partial charge is 0.186 e. The van der Waals surface area contributed by atoms with Gasteiger partial charge < -0.3 is 4.74 Å². The van der Waals surface area contributed by atoms with Gasteiger partial charge in [-0.3, -0.25) is 0 Å². The van der Waals surface area contributed by atoms with Gasteiger partial charge in [0.25, 0.3) is 0 Å².